The van der Waals surface area contributed by atoms with Crippen molar-refractivity contribution in [3.05, 3.63) is 48.0 Å². The molecule has 0 aromatic heterocycles. The van der Waals surface area contributed by atoms with Crippen LogP contribution in [0.4, 0.5) is 0 Å². The Kier molecular flexibility index (Phi) is 4.57. The molecule has 2 heteroatoms. The molecule has 2 aromatic carbocycles. The Morgan fingerprint density at radius 1 is 1.19 bits per heavy atom. The van der Waals surface area contributed by atoms with E-state index in [0.29, 0.717) is 12.6 Å². The average Bonchev–Trinajstić information content (AvgIpc) is 2.56. The molecule has 0 spiro atoms. The SMILES string of the molecule is CCC1CCCN(C(CN)c2ccc3ccccc3c2)C1. The van der Waals surface area contributed by atoms with E-state index in [2.05, 4.69) is 54.3 Å². The van der Waals surface area contributed by atoms with Crippen LogP contribution in [-0.4, -0.2) is 24.5 Å². The molecule has 0 saturated carbocycles. The number of hydrogen-bond donors (Lipinski definition) is 1. The standard InChI is InChI=1S/C19H26N2/c1-2-15-6-5-11-21(14-15)19(13-20)18-10-9-16-7-3-4-8-17(16)12-18/h3-4,7-10,12,15,19H,2,5-6,11,13-14,20H2,1H3. The van der Waals surface area contributed by atoms with Gasteiger partial charge in [0.15, 0.2) is 0 Å². The van der Waals surface area contributed by atoms with Crippen LogP contribution < -0.4 is 5.73 Å². The Balaban J connectivity index is 1.86. The van der Waals surface area contributed by atoms with Crippen molar-refractivity contribution in [3.63, 3.8) is 0 Å². The predicted molar refractivity (Wildman–Crippen MR) is 90.3 cm³/mol. The molecule has 1 heterocycles. The molecule has 0 bridgehead atoms. The lowest BCUT2D eigenvalue weighted by atomic mass is 9.92. The van der Waals surface area contributed by atoms with E-state index in [1.807, 2.05) is 0 Å². The normalized spacial score (nSPS) is 21.5. The number of hydrogen-bond acceptors (Lipinski definition) is 2. The predicted octanol–water partition coefficient (Wildman–Crippen LogP) is 3.96. The van der Waals surface area contributed by atoms with Crippen LogP contribution in [0, 0.1) is 5.92 Å². The molecule has 0 aliphatic carbocycles. The van der Waals surface area contributed by atoms with E-state index >= 15 is 0 Å². The molecule has 1 aliphatic heterocycles. The van der Waals surface area contributed by atoms with E-state index in [1.54, 1.807) is 0 Å². The minimum Gasteiger partial charge on any atom is -0.329 e. The van der Waals surface area contributed by atoms with Gasteiger partial charge in [0.1, 0.15) is 0 Å². The van der Waals surface area contributed by atoms with E-state index in [4.69, 9.17) is 5.73 Å². The van der Waals surface area contributed by atoms with Crippen molar-refractivity contribution in [2.45, 2.75) is 32.2 Å². The molecule has 2 unspecified atom stereocenters. The van der Waals surface area contributed by atoms with Crippen LogP contribution in [0.2, 0.25) is 0 Å². The number of piperidine rings is 1. The minimum absolute atomic E-state index is 0.365. The van der Waals surface area contributed by atoms with Crippen LogP contribution >= 0.6 is 0 Å². The number of likely N-dealkylation sites (tertiary alicyclic amines) is 1. The lowest BCUT2D eigenvalue weighted by Gasteiger charge is -2.38. The van der Waals surface area contributed by atoms with Gasteiger partial charge >= 0.3 is 0 Å². The smallest absolute Gasteiger partial charge is 0.0470 e. The third-order valence-electron chi connectivity index (χ3n) is 4.95. The van der Waals surface area contributed by atoms with Crippen molar-refractivity contribution in [1.29, 1.82) is 0 Å². The molecule has 2 atom stereocenters. The van der Waals surface area contributed by atoms with E-state index in [9.17, 15) is 0 Å². The summed E-state index contributed by atoms with van der Waals surface area (Å²) in [6.07, 6.45) is 3.97. The van der Waals surface area contributed by atoms with Gasteiger partial charge in [0.25, 0.3) is 0 Å². The van der Waals surface area contributed by atoms with Gasteiger partial charge in [0.2, 0.25) is 0 Å². The highest BCUT2D eigenvalue weighted by molar-refractivity contribution is 5.83. The van der Waals surface area contributed by atoms with Crippen molar-refractivity contribution < 1.29 is 0 Å². The van der Waals surface area contributed by atoms with Gasteiger partial charge in [-0.2, -0.15) is 0 Å². The fourth-order valence-corrected chi connectivity index (χ4v) is 3.62. The Hall–Kier alpha value is -1.38. The van der Waals surface area contributed by atoms with Crippen molar-refractivity contribution in [2.75, 3.05) is 19.6 Å². The summed E-state index contributed by atoms with van der Waals surface area (Å²) in [7, 11) is 0. The molecule has 0 amide bonds. The molecule has 2 nitrogen and oxygen atoms in total. The molecule has 2 aromatic rings. The largest absolute Gasteiger partial charge is 0.329 e. The summed E-state index contributed by atoms with van der Waals surface area (Å²) in [5, 5.41) is 2.62. The maximum Gasteiger partial charge on any atom is 0.0470 e. The van der Waals surface area contributed by atoms with Crippen LogP contribution in [0.25, 0.3) is 10.8 Å². The molecule has 3 rings (SSSR count). The first-order valence-corrected chi connectivity index (χ1v) is 8.24. The van der Waals surface area contributed by atoms with Crippen molar-refractivity contribution in [2.24, 2.45) is 11.7 Å². The van der Waals surface area contributed by atoms with Crippen LogP contribution in [0.5, 0.6) is 0 Å². The summed E-state index contributed by atoms with van der Waals surface area (Å²) in [4.78, 5) is 2.60. The van der Waals surface area contributed by atoms with E-state index in [1.165, 1.54) is 48.7 Å². The Labute approximate surface area is 127 Å². The zero-order valence-electron chi connectivity index (χ0n) is 13.0. The van der Waals surface area contributed by atoms with Crippen molar-refractivity contribution >= 4 is 10.8 Å². The molecular weight excluding hydrogens is 256 g/mol. The molecule has 1 aliphatic rings. The number of fused-ring (bicyclic) bond motifs is 1. The first kappa shape index (κ1) is 14.6. The summed E-state index contributed by atoms with van der Waals surface area (Å²) in [6.45, 7) is 5.40. The minimum atomic E-state index is 0.365. The Morgan fingerprint density at radius 2 is 2.00 bits per heavy atom. The average molecular weight is 282 g/mol. The van der Waals surface area contributed by atoms with Crippen LogP contribution in [0.3, 0.4) is 0 Å². The molecule has 1 fully saturated rings. The molecular formula is C19H26N2. The first-order valence-electron chi connectivity index (χ1n) is 8.24. The van der Waals surface area contributed by atoms with E-state index < -0.39 is 0 Å². The van der Waals surface area contributed by atoms with Crippen LogP contribution in [0.15, 0.2) is 42.5 Å². The lowest BCUT2D eigenvalue weighted by molar-refractivity contribution is 0.124. The summed E-state index contributed by atoms with van der Waals surface area (Å²) in [5.74, 6) is 0.841. The zero-order valence-corrected chi connectivity index (χ0v) is 13.0. The third-order valence-corrected chi connectivity index (χ3v) is 4.95. The van der Waals surface area contributed by atoms with Gasteiger partial charge in [-0.1, -0.05) is 49.7 Å². The highest BCUT2D eigenvalue weighted by atomic mass is 15.2. The van der Waals surface area contributed by atoms with Gasteiger partial charge in [-0.3, -0.25) is 4.90 Å². The van der Waals surface area contributed by atoms with Gasteiger partial charge in [-0.15, -0.1) is 0 Å². The number of nitrogens with zero attached hydrogens (tertiary/aromatic N) is 1. The Morgan fingerprint density at radius 3 is 2.76 bits per heavy atom. The van der Waals surface area contributed by atoms with E-state index in [-0.39, 0.29) is 0 Å². The molecule has 112 valence electrons. The topological polar surface area (TPSA) is 29.3 Å². The van der Waals surface area contributed by atoms with Gasteiger partial charge in [-0.25, -0.2) is 0 Å². The lowest BCUT2D eigenvalue weighted by Crippen LogP contribution is -2.40. The van der Waals surface area contributed by atoms with E-state index in [0.717, 1.165) is 5.92 Å². The molecule has 21 heavy (non-hydrogen) atoms. The fourth-order valence-electron chi connectivity index (χ4n) is 3.62. The molecule has 0 radical (unpaired) electrons. The summed E-state index contributed by atoms with van der Waals surface area (Å²) >= 11 is 0. The maximum atomic E-state index is 6.12. The Bertz CT molecular complexity index is 593. The molecule has 1 saturated heterocycles. The zero-order chi connectivity index (χ0) is 14.7. The second kappa shape index (κ2) is 6.59. The van der Waals surface area contributed by atoms with Gasteiger partial charge < -0.3 is 5.73 Å². The first-order chi connectivity index (χ1) is 10.3. The summed E-state index contributed by atoms with van der Waals surface area (Å²) in [6, 6.07) is 15.7. The van der Waals surface area contributed by atoms with Crippen LogP contribution in [-0.2, 0) is 0 Å². The fraction of sp³-hybridized carbons (Fsp3) is 0.474. The second-order valence-corrected chi connectivity index (χ2v) is 6.27. The van der Waals surface area contributed by atoms with Gasteiger partial charge in [-0.05, 0) is 47.7 Å². The highest BCUT2D eigenvalue weighted by Crippen LogP contribution is 2.29. The summed E-state index contributed by atoms with van der Waals surface area (Å²) < 4.78 is 0. The maximum absolute atomic E-state index is 6.12. The third kappa shape index (κ3) is 3.12. The van der Waals surface area contributed by atoms with Crippen LogP contribution in [0.1, 0.15) is 37.8 Å². The van der Waals surface area contributed by atoms with Gasteiger partial charge in [0.05, 0.1) is 0 Å². The highest BCUT2D eigenvalue weighted by Gasteiger charge is 2.25. The summed E-state index contributed by atoms with van der Waals surface area (Å²) in [5.41, 5.74) is 7.49. The number of benzene rings is 2. The quantitative estimate of drug-likeness (QED) is 0.919. The van der Waals surface area contributed by atoms with Crippen molar-refractivity contribution in [3.8, 4) is 0 Å². The van der Waals surface area contributed by atoms with Crippen molar-refractivity contribution in [1.82, 2.24) is 4.90 Å². The number of nitrogens with two attached hydrogens (primary N) is 1. The monoisotopic (exact) mass is 282 g/mol. The van der Waals surface area contributed by atoms with Gasteiger partial charge in [0, 0.05) is 19.1 Å². The molecule has 2 N–H and O–H groups in total. The number of rotatable bonds is 4. The second-order valence-electron chi connectivity index (χ2n) is 6.27.